The summed E-state index contributed by atoms with van der Waals surface area (Å²) in [4.78, 5) is 34.6. The van der Waals surface area contributed by atoms with E-state index in [-0.39, 0.29) is 29.0 Å². The summed E-state index contributed by atoms with van der Waals surface area (Å²) < 4.78 is 13.0. The van der Waals surface area contributed by atoms with Crippen molar-refractivity contribution in [3.05, 3.63) is 99.4 Å². The molecule has 0 saturated heterocycles. The fourth-order valence-corrected chi connectivity index (χ4v) is 3.00. The lowest BCUT2D eigenvalue weighted by Crippen LogP contribution is -2.12. The van der Waals surface area contributed by atoms with Crippen molar-refractivity contribution in [2.75, 3.05) is 10.6 Å². The number of anilines is 2. The molecule has 2 N–H and O–H groups in total. The Morgan fingerprint density at radius 2 is 1.58 bits per heavy atom. The average Bonchev–Trinajstić information content (AvgIpc) is 2.74. The van der Waals surface area contributed by atoms with Gasteiger partial charge in [-0.15, -0.1) is 0 Å². The number of rotatable bonds is 7. The van der Waals surface area contributed by atoms with E-state index in [1.54, 1.807) is 30.3 Å². The lowest BCUT2D eigenvalue weighted by atomic mass is 10.1. The number of Topliss-reactive ketones (excluding diaryl/α,β-unsaturated/α-hetero) is 1. The molecule has 0 saturated carbocycles. The first kappa shape index (κ1) is 21.6. The van der Waals surface area contributed by atoms with Crippen LogP contribution in [0.3, 0.4) is 0 Å². The smallest absolute Gasteiger partial charge is 0.293 e. The largest absolute Gasteiger partial charge is 0.373 e. The second-order valence-electron chi connectivity index (χ2n) is 6.99. The first-order valence-corrected chi connectivity index (χ1v) is 9.47. The Hall–Kier alpha value is -4.07. The first-order valence-electron chi connectivity index (χ1n) is 9.47. The number of carbonyl (C=O) groups is 2. The summed E-state index contributed by atoms with van der Waals surface area (Å²) in [6, 6.07) is 16.3. The fourth-order valence-electron chi connectivity index (χ4n) is 3.00. The highest BCUT2D eigenvalue weighted by atomic mass is 19.1. The van der Waals surface area contributed by atoms with Crippen LogP contribution in [0, 0.1) is 15.9 Å². The van der Waals surface area contributed by atoms with Crippen molar-refractivity contribution in [2.45, 2.75) is 19.9 Å². The molecule has 0 fully saturated rings. The van der Waals surface area contributed by atoms with Gasteiger partial charge in [-0.05, 0) is 67.9 Å². The number of nitrogens with zero attached hydrogens (tertiary/aromatic N) is 1. The predicted molar refractivity (Wildman–Crippen MR) is 116 cm³/mol. The van der Waals surface area contributed by atoms with Crippen molar-refractivity contribution in [1.82, 2.24) is 0 Å². The molecular formula is C23H20FN3O4. The van der Waals surface area contributed by atoms with Gasteiger partial charge in [0.25, 0.3) is 11.6 Å². The normalized spacial score (nSPS) is 11.5. The minimum atomic E-state index is -0.532. The maximum absolute atomic E-state index is 13.0. The van der Waals surface area contributed by atoms with Crippen LogP contribution >= 0.6 is 0 Å². The molecule has 0 heterocycles. The topological polar surface area (TPSA) is 101 Å². The molecule has 0 bridgehead atoms. The van der Waals surface area contributed by atoms with Gasteiger partial charge in [0, 0.05) is 28.9 Å². The van der Waals surface area contributed by atoms with Crippen LogP contribution in [-0.2, 0) is 0 Å². The Morgan fingerprint density at radius 3 is 2.16 bits per heavy atom. The number of hydrogen-bond acceptors (Lipinski definition) is 5. The summed E-state index contributed by atoms with van der Waals surface area (Å²) in [6.07, 6.45) is 0. The van der Waals surface area contributed by atoms with Crippen molar-refractivity contribution in [3.8, 4) is 0 Å². The molecule has 3 rings (SSSR count). The van der Waals surface area contributed by atoms with Crippen molar-refractivity contribution < 1.29 is 18.9 Å². The van der Waals surface area contributed by atoms with Gasteiger partial charge >= 0.3 is 0 Å². The molecule has 7 nitrogen and oxygen atoms in total. The van der Waals surface area contributed by atoms with Crippen molar-refractivity contribution in [3.63, 3.8) is 0 Å². The number of ketones is 1. The second-order valence-corrected chi connectivity index (χ2v) is 6.99. The summed E-state index contributed by atoms with van der Waals surface area (Å²) >= 11 is 0. The van der Waals surface area contributed by atoms with Crippen molar-refractivity contribution in [2.24, 2.45) is 0 Å². The third-order valence-electron chi connectivity index (χ3n) is 4.75. The number of nitro benzene ring substituents is 1. The number of nitrogens with one attached hydrogen (secondary N) is 2. The molecule has 3 aromatic carbocycles. The van der Waals surface area contributed by atoms with Crippen LogP contribution in [-0.4, -0.2) is 16.6 Å². The second kappa shape index (κ2) is 9.17. The van der Waals surface area contributed by atoms with Crippen LogP contribution in [0.2, 0.25) is 0 Å². The number of carbonyl (C=O) groups excluding carboxylic acids is 2. The van der Waals surface area contributed by atoms with Gasteiger partial charge in [0.05, 0.1) is 4.92 Å². The van der Waals surface area contributed by atoms with Gasteiger partial charge in [0.15, 0.2) is 5.78 Å². The molecule has 0 spiro atoms. The maximum atomic E-state index is 13.0. The van der Waals surface area contributed by atoms with Crippen LogP contribution in [0.5, 0.6) is 0 Å². The SMILES string of the molecule is CC(=O)c1ccc(NC(C)c2ccc(NC(=O)c3ccc(F)cc3)cc2)c([N+](=O)[O-])c1. The van der Waals surface area contributed by atoms with Crippen molar-refractivity contribution >= 4 is 28.8 Å². The summed E-state index contributed by atoms with van der Waals surface area (Å²) in [5.74, 6) is -1.03. The predicted octanol–water partition coefficient (Wildman–Crippen LogP) is 5.36. The van der Waals surface area contributed by atoms with Gasteiger partial charge in [-0.3, -0.25) is 19.7 Å². The summed E-state index contributed by atoms with van der Waals surface area (Å²) in [5.41, 5.74) is 2.12. The van der Waals surface area contributed by atoms with E-state index in [0.29, 0.717) is 16.9 Å². The fraction of sp³-hybridized carbons (Fsp3) is 0.130. The number of benzene rings is 3. The van der Waals surface area contributed by atoms with Gasteiger partial charge in [-0.25, -0.2) is 4.39 Å². The van der Waals surface area contributed by atoms with Crippen LogP contribution in [0.15, 0.2) is 66.7 Å². The molecule has 0 aliphatic carbocycles. The zero-order valence-electron chi connectivity index (χ0n) is 16.9. The molecule has 0 aliphatic heterocycles. The quantitative estimate of drug-likeness (QED) is 0.304. The third-order valence-corrected chi connectivity index (χ3v) is 4.75. The minimum absolute atomic E-state index is 0.178. The first-order chi connectivity index (χ1) is 14.7. The Bertz CT molecular complexity index is 1130. The molecule has 31 heavy (non-hydrogen) atoms. The van der Waals surface area contributed by atoms with Crippen LogP contribution in [0.4, 0.5) is 21.5 Å². The molecule has 8 heteroatoms. The van der Waals surface area contributed by atoms with E-state index in [1.807, 2.05) is 6.92 Å². The highest BCUT2D eigenvalue weighted by Gasteiger charge is 2.18. The Labute approximate surface area is 178 Å². The Morgan fingerprint density at radius 1 is 0.968 bits per heavy atom. The molecule has 158 valence electrons. The van der Waals surface area contributed by atoms with Gasteiger partial charge in [-0.2, -0.15) is 0 Å². The summed E-state index contributed by atoms with van der Waals surface area (Å²) in [7, 11) is 0. The molecule has 1 atom stereocenters. The van der Waals surface area contributed by atoms with E-state index >= 15 is 0 Å². The number of hydrogen-bond donors (Lipinski definition) is 2. The summed E-state index contributed by atoms with van der Waals surface area (Å²) in [5, 5.41) is 17.2. The number of nitro groups is 1. The van der Waals surface area contributed by atoms with Crippen LogP contribution < -0.4 is 10.6 Å². The van der Waals surface area contributed by atoms with Gasteiger partial charge in [-0.1, -0.05) is 12.1 Å². The molecule has 0 radical (unpaired) electrons. The van der Waals surface area contributed by atoms with E-state index < -0.39 is 10.7 Å². The van der Waals surface area contributed by atoms with Gasteiger partial charge in [0.2, 0.25) is 0 Å². The molecule has 0 aromatic heterocycles. The van der Waals surface area contributed by atoms with E-state index in [0.717, 1.165) is 5.56 Å². The highest BCUT2D eigenvalue weighted by Crippen LogP contribution is 2.30. The highest BCUT2D eigenvalue weighted by molar-refractivity contribution is 6.04. The van der Waals surface area contributed by atoms with Crippen LogP contribution in [0.25, 0.3) is 0 Å². The maximum Gasteiger partial charge on any atom is 0.293 e. The lowest BCUT2D eigenvalue weighted by molar-refractivity contribution is -0.384. The van der Waals surface area contributed by atoms with E-state index in [9.17, 15) is 24.1 Å². The number of amides is 1. The molecule has 1 amide bonds. The zero-order valence-corrected chi connectivity index (χ0v) is 16.9. The van der Waals surface area contributed by atoms with E-state index in [1.165, 1.54) is 43.3 Å². The van der Waals surface area contributed by atoms with Crippen molar-refractivity contribution in [1.29, 1.82) is 0 Å². The van der Waals surface area contributed by atoms with Gasteiger partial charge < -0.3 is 10.6 Å². The van der Waals surface area contributed by atoms with Crippen LogP contribution in [0.1, 0.15) is 46.2 Å². The van der Waals surface area contributed by atoms with E-state index in [4.69, 9.17) is 0 Å². The summed E-state index contributed by atoms with van der Waals surface area (Å²) in [6.45, 7) is 3.19. The molecular weight excluding hydrogens is 401 g/mol. The van der Waals surface area contributed by atoms with Gasteiger partial charge in [0.1, 0.15) is 11.5 Å². The monoisotopic (exact) mass is 421 g/mol. The Balaban J connectivity index is 1.71. The third kappa shape index (κ3) is 5.30. The number of halogens is 1. The van der Waals surface area contributed by atoms with E-state index in [2.05, 4.69) is 10.6 Å². The molecule has 0 aliphatic rings. The molecule has 1 unspecified atom stereocenters. The standard InChI is InChI=1S/C23H20FN3O4/c1-14(25-21-12-7-18(15(2)28)13-22(21)27(30)31)16-5-10-20(11-6-16)26-23(29)17-3-8-19(24)9-4-17/h3-14,25H,1-2H3,(H,26,29). The lowest BCUT2D eigenvalue weighted by Gasteiger charge is -2.17. The molecule has 3 aromatic rings. The minimum Gasteiger partial charge on any atom is -0.373 e. The Kier molecular flexibility index (Phi) is 6.40. The average molecular weight is 421 g/mol. The zero-order chi connectivity index (χ0) is 22.5.